The van der Waals surface area contributed by atoms with E-state index >= 15 is 0 Å². The average molecular weight is 523 g/mol. The molecule has 2 aromatic rings. The molecule has 3 rings (SSSR count). The molecule has 11 heteroatoms. The number of alkyl carbamates (subject to hydrolysis) is 1. The minimum absolute atomic E-state index is 0.0513. The number of hydrogen-bond donors (Lipinski definition) is 2. The number of ether oxygens (including phenoxy) is 2. The average Bonchev–Trinajstić information content (AvgIpc) is 2.83. The lowest BCUT2D eigenvalue weighted by molar-refractivity contribution is -0.137. The van der Waals surface area contributed by atoms with Crippen molar-refractivity contribution in [2.75, 3.05) is 31.1 Å². The van der Waals surface area contributed by atoms with Gasteiger partial charge in [-0.3, -0.25) is 4.79 Å². The van der Waals surface area contributed by atoms with E-state index in [1.165, 1.54) is 18.3 Å². The number of nitrogens with zero attached hydrogens (tertiary/aromatic N) is 2. The molecular formula is C26H33F3N4O4. The monoisotopic (exact) mass is 522 g/mol. The molecule has 2 heterocycles. The lowest BCUT2D eigenvalue weighted by Gasteiger charge is -2.33. The first-order valence-electron chi connectivity index (χ1n) is 12.2. The summed E-state index contributed by atoms with van der Waals surface area (Å²) in [6.07, 6.45) is -1.43. The molecule has 1 aliphatic heterocycles. The van der Waals surface area contributed by atoms with Crippen LogP contribution in [0.2, 0.25) is 0 Å². The Hall–Kier alpha value is -3.50. The van der Waals surface area contributed by atoms with Crippen molar-refractivity contribution in [2.24, 2.45) is 0 Å². The highest BCUT2D eigenvalue weighted by Gasteiger charge is 2.30. The molecule has 0 bridgehead atoms. The molecule has 1 fully saturated rings. The molecule has 1 saturated heterocycles. The Kier molecular flexibility index (Phi) is 9.23. The number of carbonyl (C=O) groups is 2. The summed E-state index contributed by atoms with van der Waals surface area (Å²) in [5, 5.41) is 5.38. The molecule has 0 atom stereocenters. The maximum Gasteiger partial charge on any atom is 0.416 e. The van der Waals surface area contributed by atoms with Gasteiger partial charge in [0.1, 0.15) is 23.1 Å². The van der Waals surface area contributed by atoms with Gasteiger partial charge in [0.2, 0.25) is 0 Å². The van der Waals surface area contributed by atoms with Crippen LogP contribution in [-0.4, -0.2) is 54.9 Å². The minimum atomic E-state index is -4.34. The fourth-order valence-electron chi connectivity index (χ4n) is 3.76. The van der Waals surface area contributed by atoms with E-state index in [1.54, 1.807) is 32.9 Å². The Labute approximate surface area is 214 Å². The number of aromatic nitrogens is 1. The van der Waals surface area contributed by atoms with Crippen LogP contribution in [0.25, 0.3) is 0 Å². The van der Waals surface area contributed by atoms with Crippen molar-refractivity contribution >= 4 is 17.7 Å². The van der Waals surface area contributed by atoms with Crippen molar-refractivity contribution < 1.29 is 32.2 Å². The van der Waals surface area contributed by atoms with Gasteiger partial charge in [-0.15, -0.1) is 0 Å². The number of nitrogens with one attached hydrogen (secondary N) is 2. The van der Waals surface area contributed by atoms with Gasteiger partial charge in [-0.25, -0.2) is 9.78 Å². The normalized spacial score (nSPS) is 14.7. The zero-order valence-electron chi connectivity index (χ0n) is 21.2. The fourth-order valence-corrected chi connectivity index (χ4v) is 3.76. The molecule has 0 saturated carbocycles. The van der Waals surface area contributed by atoms with Gasteiger partial charge >= 0.3 is 12.3 Å². The number of alkyl halides is 3. The fraction of sp³-hybridized carbons (Fsp3) is 0.500. The van der Waals surface area contributed by atoms with E-state index in [1.807, 2.05) is 4.90 Å². The summed E-state index contributed by atoms with van der Waals surface area (Å²) >= 11 is 0. The van der Waals surface area contributed by atoms with Crippen LogP contribution in [-0.2, 0) is 10.9 Å². The molecule has 0 radical (unpaired) electrons. The van der Waals surface area contributed by atoms with Gasteiger partial charge in [0.25, 0.3) is 5.91 Å². The van der Waals surface area contributed by atoms with E-state index in [-0.39, 0.29) is 17.7 Å². The summed E-state index contributed by atoms with van der Waals surface area (Å²) in [6.45, 7) is 7.40. The van der Waals surface area contributed by atoms with Crippen LogP contribution in [0.1, 0.15) is 56.1 Å². The molecular weight excluding hydrogens is 489 g/mol. The molecule has 8 nitrogen and oxygen atoms in total. The smallest absolute Gasteiger partial charge is 0.416 e. The molecule has 2 N–H and O–H groups in total. The molecule has 0 aliphatic carbocycles. The van der Waals surface area contributed by atoms with Crippen molar-refractivity contribution in [3.05, 3.63) is 53.9 Å². The van der Waals surface area contributed by atoms with Crippen molar-refractivity contribution in [1.82, 2.24) is 15.6 Å². The molecule has 0 spiro atoms. The van der Waals surface area contributed by atoms with Crippen molar-refractivity contribution in [3.8, 4) is 5.75 Å². The van der Waals surface area contributed by atoms with Gasteiger partial charge in [-0.05, 0) is 63.6 Å². The summed E-state index contributed by atoms with van der Waals surface area (Å²) in [5.74, 6) is 0.222. The van der Waals surface area contributed by atoms with Crippen LogP contribution in [0.3, 0.4) is 0 Å². The third-order valence-electron chi connectivity index (χ3n) is 5.58. The standard InChI is InChI=1S/C26H33F3N4O4/c1-25(2,3)37-24(35)31-14-4-13-30-23(34)22-10-9-21(17-32-22)36-20-11-15-33(16-12-20)19-7-5-18(6-8-19)26(27,28)29/h5-10,17,20H,4,11-16H2,1-3H3,(H,30,34)(H,31,35). The number of rotatable bonds is 8. The second-order valence-corrected chi connectivity index (χ2v) is 9.77. The number of hydrogen-bond acceptors (Lipinski definition) is 6. The Balaban J connectivity index is 1.37. The van der Waals surface area contributed by atoms with E-state index in [2.05, 4.69) is 15.6 Å². The number of pyridine rings is 1. The van der Waals surface area contributed by atoms with Crippen molar-refractivity contribution in [1.29, 1.82) is 0 Å². The molecule has 37 heavy (non-hydrogen) atoms. The zero-order valence-corrected chi connectivity index (χ0v) is 21.2. The highest BCUT2D eigenvalue weighted by atomic mass is 19.4. The predicted molar refractivity (Wildman–Crippen MR) is 133 cm³/mol. The first-order valence-corrected chi connectivity index (χ1v) is 12.2. The van der Waals surface area contributed by atoms with E-state index in [0.717, 1.165) is 17.8 Å². The van der Waals surface area contributed by atoms with E-state index in [0.29, 0.717) is 51.2 Å². The zero-order chi connectivity index (χ0) is 27.1. The van der Waals surface area contributed by atoms with Crippen LogP contribution in [0.4, 0.5) is 23.7 Å². The number of anilines is 1. The van der Waals surface area contributed by atoms with Gasteiger partial charge in [0.15, 0.2) is 0 Å². The molecule has 0 unspecified atom stereocenters. The molecule has 1 aliphatic rings. The summed E-state index contributed by atoms with van der Waals surface area (Å²) in [7, 11) is 0. The summed E-state index contributed by atoms with van der Waals surface area (Å²) in [4.78, 5) is 30.1. The van der Waals surface area contributed by atoms with Crippen molar-refractivity contribution in [3.63, 3.8) is 0 Å². The Morgan fingerprint density at radius 3 is 2.22 bits per heavy atom. The SMILES string of the molecule is CC(C)(C)OC(=O)NCCCNC(=O)c1ccc(OC2CCN(c3ccc(C(F)(F)F)cc3)CC2)cn1. The first kappa shape index (κ1) is 28.1. The molecule has 1 aromatic carbocycles. The highest BCUT2D eigenvalue weighted by Crippen LogP contribution is 2.31. The number of amides is 2. The van der Waals surface area contributed by atoms with Gasteiger partial charge < -0.3 is 25.0 Å². The maximum absolute atomic E-state index is 12.8. The van der Waals surface area contributed by atoms with Gasteiger partial charge in [0, 0.05) is 44.7 Å². The third kappa shape index (κ3) is 9.14. The topological polar surface area (TPSA) is 92.8 Å². The van der Waals surface area contributed by atoms with Crippen molar-refractivity contribution in [2.45, 2.75) is 57.9 Å². The lowest BCUT2D eigenvalue weighted by Crippen LogP contribution is -2.38. The largest absolute Gasteiger partial charge is 0.489 e. The third-order valence-corrected chi connectivity index (χ3v) is 5.58. The van der Waals surface area contributed by atoms with Crippen LogP contribution in [0.5, 0.6) is 5.75 Å². The van der Waals surface area contributed by atoms with Gasteiger partial charge in [-0.2, -0.15) is 13.2 Å². The quantitative estimate of drug-likeness (QED) is 0.485. The number of halogens is 3. The first-order chi connectivity index (χ1) is 17.4. The second-order valence-electron chi connectivity index (χ2n) is 9.77. The highest BCUT2D eigenvalue weighted by molar-refractivity contribution is 5.92. The molecule has 2 amide bonds. The van der Waals surface area contributed by atoms with E-state index in [4.69, 9.17) is 9.47 Å². The van der Waals surface area contributed by atoms with Crippen LogP contribution >= 0.6 is 0 Å². The van der Waals surface area contributed by atoms with Crippen LogP contribution in [0.15, 0.2) is 42.6 Å². The predicted octanol–water partition coefficient (Wildman–Crippen LogP) is 4.79. The minimum Gasteiger partial charge on any atom is -0.489 e. The lowest BCUT2D eigenvalue weighted by atomic mass is 10.1. The number of piperidine rings is 1. The Morgan fingerprint density at radius 1 is 1.00 bits per heavy atom. The maximum atomic E-state index is 12.8. The molecule has 1 aromatic heterocycles. The van der Waals surface area contributed by atoms with Gasteiger partial charge in [-0.1, -0.05) is 0 Å². The Bertz CT molecular complexity index is 1030. The van der Waals surface area contributed by atoms with E-state index in [9.17, 15) is 22.8 Å². The Morgan fingerprint density at radius 2 is 1.65 bits per heavy atom. The van der Waals surface area contributed by atoms with Crippen LogP contribution < -0.4 is 20.3 Å². The van der Waals surface area contributed by atoms with Crippen LogP contribution in [0, 0.1) is 0 Å². The van der Waals surface area contributed by atoms with Gasteiger partial charge in [0.05, 0.1) is 11.8 Å². The second kappa shape index (κ2) is 12.2. The summed E-state index contributed by atoms with van der Waals surface area (Å²) < 4.78 is 49.4. The number of benzene rings is 1. The summed E-state index contributed by atoms with van der Waals surface area (Å²) in [5.41, 5.74) is -0.213. The van der Waals surface area contributed by atoms with E-state index < -0.39 is 23.4 Å². The summed E-state index contributed by atoms with van der Waals surface area (Å²) in [6, 6.07) is 8.46. The molecule has 202 valence electrons. The number of carbonyl (C=O) groups excluding carboxylic acids is 2.